The van der Waals surface area contributed by atoms with E-state index in [9.17, 15) is 19.2 Å². The van der Waals surface area contributed by atoms with E-state index in [0.717, 1.165) is 6.42 Å². The lowest BCUT2D eigenvalue weighted by Gasteiger charge is -2.21. The number of carbonyl (C=O) groups is 4. The number of imide groups is 2. The summed E-state index contributed by atoms with van der Waals surface area (Å²) in [4.78, 5) is 48.6. The topological polar surface area (TPSA) is 86.8 Å². The average molecular weight is 353 g/mol. The average Bonchev–Trinajstić information content (AvgIpc) is 2.93. The Balaban J connectivity index is 0.000000251. The highest BCUT2D eigenvalue weighted by atomic mass is 16.2. The van der Waals surface area contributed by atoms with E-state index >= 15 is 0 Å². The van der Waals surface area contributed by atoms with Gasteiger partial charge in [0.05, 0.1) is 0 Å². The second-order valence-corrected chi connectivity index (χ2v) is 7.39. The second kappa shape index (κ2) is 7.97. The maximum atomic E-state index is 11.8. The van der Waals surface area contributed by atoms with E-state index in [1.807, 2.05) is 41.5 Å². The van der Waals surface area contributed by atoms with Crippen LogP contribution < -0.4 is 5.32 Å². The van der Waals surface area contributed by atoms with Gasteiger partial charge in [0.2, 0.25) is 11.8 Å². The molecule has 2 atom stereocenters. The van der Waals surface area contributed by atoms with Crippen molar-refractivity contribution < 1.29 is 19.2 Å². The van der Waals surface area contributed by atoms with E-state index in [1.165, 1.54) is 9.80 Å². The SMILES string of the molecule is CC[C@@]1(C)NC(=O)N(C(C)C)C1=O.CC[C@H]1CC(=O)N(C(C)C)C1=O. The molecule has 0 aromatic heterocycles. The molecule has 142 valence electrons. The molecule has 2 rings (SSSR count). The minimum atomic E-state index is -0.693. The van der Waals surface area contributed by atoms with Crippen LogP contribution in [0.2, 0.25) is 0 Å². The van der Waals surface area contributed by atoms with Gasteiger partial charge in [0.25, 0.3) is 5.91 Å². The Bertz CT molecular complexity index is 559. The smallest absolute Gasteiger partial charge is 0.323 e. The first-order valence-electron chi connectivity index (χ1n) is 9.01. The summed E-state index contributed by atoms with van der Waals surface area (Å²) in [5, 5.41) is 2.70. The highest BCUT2D eigenvalue weighted by Crippen LogP contribution is 2.24. The predicted octanol–water partition coefficient (Wildman–Crippen LogP) is 2.30. The van der Waals surface area contributed by atoms with Gasteiger partial charge in [-0.2, -0.15) is 0 Å². The molecule has 0 bridgehead atoms. The van der Waals surface area contributed by atoms with Crippen molar-refractivity contribution in [3.63, 3.8) is 0 Å². The zero-order valence-corrected chi connectivity index (χ0v) is 16.4. The van der Waals surface area contributed by atoms with E-state index in [-0.39, 0.29) is 41.8 Å². The van der Waals surface area contributed by atoms with Gasteiger partial charge in [-0.05, 0) is 47.5 Å². The number of nitrogens with zero attached hydrogens (tertiary/aromatic N) is 2. The van der Waals surface area contributed by atoms with E-state index in [4.69, 9.17) is 0 Å². The first-order valence-corrected chi connectivity index (χ1v) is 9.01. The van der Waals surface area contributed by atoms with Crippen LogP contribution in [0.15, 0.2) is 0 Å². The number of likely N-dealkylation sites (tertiary alicyclic amines) is 1. The molecule has 2 fully saturated rings. The predicted molar refractivity (Wildman–Crippen MR) is 94.6 cm³/mol. The number of hydrogen-bond donors (Lipinski definition) is 1. The first kappa shape index (κ1) is 21.1. The van der Waals surface area contributed by atoms with Crippen LogP contribution in [0.4, 0.5) is 4.79 Å². The molecule has 2 aliphatic heterocycles. The van der Waals surface area contributed by atoms with Crippen LogP contribution >= 0.6 is 0 Å². The monoisotopic (exact) mass is 353 g/mol. The second-order valence-electron chi connectivity index (χ2n) is 7.39. The van der Waals surface area contributed by atoms with Crippen LogP contribution in [0.1, 0.15) is 67.7 Å². The molecule has 7 nitrogen and oxygen atoms in total. The fourth-order valence-corrected chi connectivity index (χ4v) is 2.99. The largest absolute Gasteiger partial charge is 0.325 e. The van der Waals surface area contributed by atoms with Crippen molar-refractivity contribution in [3.8, 4) is 0 Å². The number of rotatable bonds is 4. The number of carbonyl (C=O) groups excluding carboxylic acids is 4. The molecule has 0 aliphatic carbocycles. The molecular weight excluding hydrogens is 322 g/mol. The van der Waals surface area contributed by atoms with E-state index in [0.29, 0.717) is 12.8 Å². The molecule has 7 heteroatoms. The van der Waals surface area contributed by atoms with E-state index in [1.54, 1.807) is 6.92 Å². The molecule has 0 aromatic carbocycles. The van der Waals surface area contributed by atoms with Crippen molar-refractivity contribution in [2.75, 3.05) is 0 Å². The Labute approximate surface area is 150 Å². The molecule has 25 heavy (non-hydrogen) atoms. The summed E-state index contributed by atoms with van der Waals surface area (Å²) in [7, 11) is 0. The molecule has 2 saturated heterocycles. The van der Waals surface area contributed by atoms with Crippen molar-refractivity contribution in [2.24, 2.45) is 5.92 Å². The van der Waals surface area contributed by atoms with E-state index < -0.39 is 5.54 Å². The highest BCUT2D eigenvalue weighted by molar-refractivity contribution is 6.07. The summed E-state index contributed by atoms with van der Waals surface area (Å²) in [5.74, 6) is -0.172. The fraction of sp³-hybridized carbons (Fsp3) is 0.778. The van der Waals surface area contributed by atoms with Crippen molar-refractivity contribution in [2.45, 2.75) is 85.4 Å². The van der Waals surface area contributed by atoms with Gasteiger partial charge in [0.15, 0.2) is 0 Å². The Hall–Kier alpha value is -1.92. The Morgan fingerprint density at radius 3 is 1.80 bits per heavy atom. The third-order valence-corrected chi connectivity index (χ3v) is 4.80. The van der Waals surface area contributed by atoms with Crippen LogP contribution in [0, 0.1) is 5.92 Å². The number of amides is 5. The number of nitrogens with one attached hydrogen (secondary N) is 1. The van der Waals surface area contributed by atoms with E-state index in [2.05, 4.69) is 5.32 Å². The maximum absolute atomic E-state index is 11.8. The Morgan fingerprint density at radius 2 is 1.56 bits per heavy atom. The standard InChI is InChI=1S/C9H16N2O2.C9H15NO2/c1-5-9(4)7(12)11(6(2)3)8(13)10-9;1-4-7-5-8(11)10(6(2)3)9(7)12/h6H,5H2,1-4H3,(H,10,13);6-7H,4-5H2,1-3H3/t9-;7-/m10/s1. The van der Waals surface area contributed by atoms with Crippen LogP contribution in [0.25, 0.3) is 0 Å². The van der Waals surface area contributed by atoms with Crippen molar-refractivity contribution in [1.82, 2.24) is 15.1 Å². The lowest BCUT2D eigenvalue weighted by Crippen LogP contribution is -2.43. The summed E-state index contributed by atoms with van der Waals surface area (Å²) >= 11 is 0. The van der Waals surface area contributed by atoms with Gasteiger partial charge in [-0.1, -0.05) is 13.8 Å². The molecule has 0 unspecified atom stereocenters. The summed E-state index contributed by atoms with van der Waals surface area (Å²) < 4.78 is 0. The number of hydrogen-bond acceptors (Lipinski definition) is 4. The quantitative estimate of drug-likeness (QED) is 0.620. The molecule has 0 spiro atoms. The van der Waals surface area contributed by atoms with Crippen LogP contribution in [-0.2, 0) is 14.4 Å². The van der Waals surface area contributed by atoms with Crippen LogP contribution in [0.5, 0.6) is 0 Å². The number of urea groups is 1. The zero-order chi connectivity index (χ0) is 19.5. The minimum Gasteiger partial charge on any atom is -0.323 e. The van der Waals surface area contributed by atoms with Gasteiger partial charge in [-0.15, -0.1) is 0 Å². The van der Waals surface area contributed by atoms with Crippen LogP contribution in [0.3, 0.4) is 0 Å². The third kappa shape index (κ3) is 4.19. The molecule has 2 aliphatic rings. The molecule has 0 aromatic rings. The zero-order valence-electron chi connectivity index (χ0n) is 16.4. The van der Waals surface area contributed by atoms with Crippen molar-refractivity contribution in [1.29, 1.82) is 0 Å². The van der Waals surface area contributed by atoms with Crippen molar-refractivity contribution in [3.05, 3.63) is 0 Å². The summed E-state index contributed by atoms with van der Waals surface area (Å²) in [6, 6.07) is -0.327. The van der Waals surface area contributed by atoms with Gasteiger partial charge in [0, 0.05) is 24.4 Å². The normalized spacial score (nSPS) is 26.5. The lowest BCUT2D eigenvalue weighted by atomic mass is 9.99. The maximum Gasteiger partial charge on any atom is 0.325 e. The van der Waals surface area contributed by atoms with Gasteiger partial charge >= 0.3 is 6.03 Å². The molecule has 0 saturated carbocycles. The van der Waals surface area contributed by atoms with Gasteiger partial charge in [-0.3, -0.25) is 24.2 Å². The fourth-order valence-electron chi connectivity index (χ4n) is 2.99. The Kier molecular flexibility index (Phi) is 6.74. The third-order valence-electron chi connectivity index (χ3n) is 4.80. The Morgan fingerprint density at radius 1 is 1.04 bits per heavy atom. The lowest BCUT2D eigenvalue weighted by molar-refractivity contribution is -0.141. The summed E-state index contributed by atoms with van der Waals surface area (Å²) in [6.07, 6.45) is 1.81. The van der Waals surface area contributed by atoms with Crippen LogP contribution in [-0.4, -0.2) is 51.2 Å². The molecular formula is C18H31N3O4. The first-order chi connectivity index (χ1) is 11.5. The molecule has 1 N–H and O–H groups in total. The van der Waals surface area contributed by atoms with Gasteiger partial charge in [0.1, 0.15) is 5.54 Å². The summed E-state index contributed by atoms with van der Waals surface area (Å²) in [6.45, 7) is 13.0. The summed E-state index contributed by atoms with van der Waals surface area (Å²) in [5.41, 5.74) is -0.693. The molecule has 5 amide bonds. The highest BCUT2D eigenvalue weighted by Gasteiger charge is 2.47. The van der Waals surface area contributed by atoms with Gasteiger partial charge < -0.3 is 5.32 Å². The van der Waals surface area contributed by atoms with Gasteiger partial charge in [-0.25, -0.2) is 4.79 Å². The molecule has 0 radical (unpaired) electrons. The minimum absolute atomic E-state index is 0.0116. The van der Waals surface area contributed by atoms with Crippen molar-refractivity contribution >= 4 is 23.8 Å². The molecule has 2 heterocycles.